The Balaban J connectivity index is 2.14. The lowest BCUT2D eigenvalue weighted by atomic mass is 10.1. The van der Waals surface area contributed by atoms with Gasteiger partial charge in [-0.2, -0.15) is 0 Å². The highest BCUT2D eigenvalue weighted by Gasteiger charge is 2.06. The quantitative estimate of drug-likeness (QED) is 0.669. The molecule has 0 aliphatic rings. The summed E-state index contributed by atoms with van der Waals surface area (Å²) < 4.78 is 15.8. The molecule has 5 nitrogen and oxygen atoms in total. The second-order valence-electron chi connectivity index (χ2n) is 4.82. The van der Waals surface area contributed by atoms with E-state index >= 15 is 0 Å². The van der Waals surface area contributed by atoms with E-state index in [9.17, 15) is 4.79 Å². The van der Waals surface area contributed by atoms with E-state index in [1.807, 2.05) is 32.0 Å². The van der Waals surface area contributed by atoms with Crippen LogP contribution in [0.15, 0.2) is 18.2 Å². The molecule has 0 unspecified atom stereocenters. The number of aryl methyl sites for hydroxylation is 2. The van der Waals surface area contributed by atoms with Crippen molar-refractivity contribution < 1.29 is 19.0 Å². The summed E-state index contributed by atoms with van der Waals surface area (Å²) in [5.74, 6) is 0.671. The van der Waals surface area contributed by atoms with Crippen LogP contribution in [0, 0.1) is 13.8 Å². The van der Waals surface area contributed by atoms with Gasteiger partial charge in [-0.3, -0.25) is 4.79 Å². The molecule has 0 fully saturated rings. The van der Waals surface area contributed by atoms with Crippen molar-refractivity contribution in [2.24, 2.45) is 0 Å². The Kier molecular flexibility index (Phi) is 8.47. The summed E-state index contributed by atoms with van der Waals surface area (Å²) in [5.41, 5.74) is 2.07. The summed E-state index contributed by atoms with van der Waals surface area (Å²) in [5, 5.41) is 2.81. The fourth-order valence-electron chi connectivity index (χ4n) is 1.86. The molecule has 5 heteroatoms. The first-order chi connectivity index (χ1) is 10.1. The number of amides is 1. The summed E-state index contributed by atoms with van der Waals surface area (Å²) >= 11 is 0. The number of benzene rings is 1. The van der Waals surface area contributed by atoms with Crippen molar-refractivity contribution in [3.63, 3.8) is 0 Å². The Bertz CT molecular complexity index is 414. The van der Waals surface area contributed by atoms with E-state index in [-0.39, 0.29) is 12.5 Å². The van der Waals surface area contributed by atoms with Gasteiger partial charge in [-0.25, -0.2) is 0 Å². The van der Waals surface area contributed by atoms with E-state index in [4.69, 9.17) is 14.2 Å². The molecule has 1 aromatic carbocycles. The highest BCUT2D eigenvalue weighted by Crippen LogP contribution is 2.21. The molecule has 0 spiro atoms. The van der Waals surface area contributed by atoms with Gasteiger partial charge in [0.1, 0.15) is 5.75 Å². The Morgan fingerprint density at radius 2 is 1.86 bits per heavy atom. The summed E-state index contributed by atoms with van der Waals surface area (Å²) in [6.07, 6.45) is 0.777. The van der Waals surface area contributed by atoms with Gasteiger partial charge in [-0.1, -0.05) is 18.2 Å². The summed E-state index contributed by atoms with van der Waals surface area (Å²) in [7, 11) is 1.64. The average molecular weight is 295 g/mol. The Hall–Kier alpha value is -1.59. The second-order valence-corrected chi connectivity index (χ2v) is 4.82. The third-order valence-corrected chi connectivity index (χ3v) is 2.98. The Labute approximate surface area is 126 Å². The number of ether oxygens (including phenoxy) is 3. The maximum Gasteiger partial charge on any atom is 0.257 e. The molecule has 21 heavy (non-hydrogen) atoms. The average Bonchev–Trinajstić information content (AvgIpc) is 2.46. The lowest BCUT2D eigenvalue weighted by molar-refractivity contribution is -0.123. The summed E-state index contributed by atoms with van der Waals surface area (Å²) in [6, 6.07) is 5.91. The number of carbonyl (C=O) groups is 1. The van der Waals surface area contributed by atoms with E-state index in [2.05, 4.69) is 5.32 Å². The monoisotopic (exact) mass is 295 g/mol. The van der Waals surface area contributed by atoms with E-state index in [1.165, 1.54) is 0 Å². The van der Waals surface area contributed by atoms with Crippen molar-refractivity contribution in [2.75, 3.05) is 40.1 Å². The minimum atomic E-state index is -0.116. The molecule has 0 saturated heterocycles. The molecule has 1 N–H and O–H groups in total. The van der Waals surface area contributed by atoms with Gasteiger partial charge in [0.15, 0.2) is 6.61 Å². The van der Waals surface area contributed by atoms with Gasteiger partial charge in [0.25, 0.3) is 5.91 Å². The molecule has 0 radical (unpaired) electrons. The van der Waals surface area contributed by atoms with Crippen LogP contribution in [0.5, 0.6) is 5.75 Å². The molecule has 0 heterocycles. The van der Waals surface area contributed by atoms with Gasteiger partial charge >= 0.3 is 0 Å². The molecular weight excluding hydrogens is 270 g/mol. The van der Waals surface area contributed by atoms with Gasteiger partial charge < -0.3 is 19.5 Å². The number of hydrogen-bond acceptors (Lipinski definition) is 4. The highest BCUT2D eigenvalue weighted by atomic mass is 16.5. The van der Waals surface area contributed by atoms with Crippen LogP contribution in [0.25, 0.3) is 0 Å². The van der Waals surface area contributed by atoms with Gasteiger partial charge in [-0.15, -0.1) is 0 Å². The van der Waals surface area contributed by atoms with Crippen LogP contribution in [0.2, 0.25) is 0 Å². The zero-order valence-electron chi connectivity index (χ0n) is 13.1. The Morgan fingerprint density at radius 3 is 2.52 bits per heavy atom. The minimum Gasteiger partial charge on any atom is -0.483 e. The molecule has 0 atom stereocenters. The molecule has 1 amide bonds. The van der Waals surface area contributed by atoms with Gasteiger partial charge in [0.05, 0.1) is 13.2 Å². The standard InChI is InChI=1S/C16H25NO4/c1-13-6-4-7-14(2)16(13)21-12-15(18)17-8-5-9-20-11-10-19-3/h4,6-7H,5,8-12H2,1-3H3,(H,17,18). The van der Waals surface area contributed by atoms with Crippen molar-refractivity contribution >= 4 is 5.91 Å². The van der Waals surface area contributed by atoms with E-state index < -0.39 is 0 Å². The zero-order chi connectivity index (χ0) is 15.5. The predicted octanol–water partition coefficient (Wildman–Crippen LogP) is 1.85. The topological polar surface area (TPSA) is 56.8 Å². The predicted molar refractivity (Wildman–Crippen MR) is 81.7 cm³/mol. The van der Waals surface area contributed by atoms with Crippen molar-refractivity contribution in [1.29, 1.82) is 0 Å². The Morgan fingerprint density at radius 1 is 1.14 bits per heavy atom. The van der Waals surface area contributed by atoms with Crippen LogP contribution in [-0.2, 0) is 14.3 Å². The van der Waals surface area contributed by atoms with E-state index in [0.29, 0.717) is 26.4 Å². The van der Waals surface area contributed by atoms with Gasteiger partial charge in [0.2, 0.25) is 0 Å². The number of methoxy groups -OCH3 is 1. The first-order valence-corrected chi connectivity index (χ1v) is 7.17. The second kappa shape index (κ2) is 10.2. The van der Waals surface area contributed by atoms with Crippen molar-refractivity contribution in [3.8, 4) is 5.75 Å². The number of rotatable bonds is 10. The lowest BCUT2D eigenvalue weighted by Gasteiger charge is -2.12. The molecular formula is C16H25NO4. The van der Waals surface area contributed by atoms with Crippen LogP contribution < -0.4 is 10.1 Å². The van der Waals surface area contributed by atoms with E-state index in [0.717, 1.165) is 23.3 Å². The molecule has 0 saturated carbocycles. The highest BCUT2D eigenvalue weighted by molar-refractivity contribution is 5.77. The van der Waals surface area contributed by atoms with Crippen LogP contribution in [-0.4, -0.2) is 46.0 Å². The lowest BCUT2D eigenvalue weighted by Crippen LogP contribution is -2.30. The first-order valence-electron chi connectivity index (χ1n) is 7.17. The van der Waals surface area contributed by atoms with Crippen molar-refractivity contribution in [1.82, 2.24) is 5.32 Å². The third kappa shape index (κ3) is 7.11. The molecule has 0 bridgehead atoms. The molecule has 118 valence electrons. The van der Waals surface area contributed by atoms with Crippen molar-refractivity contribution in [3.05, 3.63) is 29.3 Å². The summed E-state index contributed by atoms with van der Waals surface area (Å²) in [6.45, 7) is 6.35. The van der Waals surface area contributed by atoms with Crippen LogP contribution in [0.4, 0.5) is 0 Å². The minimum absolute atomic E-state index is 0.0379. The van der Waals surface area contributed by atoms with Crippen molar-refractivity contribution in [2.45, 2.75) is 20.3 Å². The number of hydrogen-bond donors (Lipinski definition) is 1. The fraction of sp³-hybridized carbons (Fsp3) is 0.562. The summed E-state index contributed by atoms with van der Waals surface area (Å²) in [4.78, 5) is 11.7. The third-order valence-electron chi connectivity index (χ3n) is 2.98. The van der Waals surface area contributed by atoms with Crippen LogP contribution in [0.1, 0.15) is 17.5 Å². The molecule has 0 aliphatic heterocycles. The molecule has 1 rings (SSSR count). The smallest absolute Gasteiger partial charge is 0.257 e. The van der Waals surface area contributed by atoms with Gasteiger partial charge in [0, 0.05) is 20.3 Å². The molecule has 0 aromatic heterocycles. The first kappa shape index (κ1) is 17.5. The number of carbonyl (C=O) groups excluding carboxylic acids is 1. The molecule has 1 aromatic rings. The zero-order valence-corrected chi connectivity index (χ0v) is 13.1. The fourth-order valence-corrected chi connectivity index (χ4v) is 1.86. The molecule has 0 aliphatic carbocycles. The maximum absolute atomic E-state index is 11.7. The number of para-hydroxylation sites is 1. The SMILES string of the molecule is COCCOCCCNC(=O)COc1c(C)cccc1C. The van der Waals surface area contributed by atoms with E-state index in [1.54, 1.807) is 7.11 Å². The maximum atomic E-state index is 11.7. The van der Waals surface area contributed by atoms with Crippen LogP contribution in [0.3, 0.4) is 0 Å². The number of nitrogens with one attached hydrogen (secondary N) is 1. The van der Waals surface area contributed by atoms with Gasteiger partial charge in [-0.05, 0) is 31.4 Å². The largest absolute Gasteiger partial charge is 0.483 e. The van der Waals surface area contributed by atoms with Crippen LogP contribution >= 0.6 is 0 Å². The normalized spacial score (nSPS) is 10.4.